The second-order valence-corrected chi connectivity index (χ2v) is 4.57. The van der Waals surface area contributed by atoms with Crippen LogP contribution in [0.25, 0.3) is 0 Å². The Hall–Kier alpha value is -1.14. The first-order chi connectivity index (χ1) is 8.56. The molecule has 0 aliphatic carbocycles. The van der Waals surface area contributed by atoms with Crippen LogP contribution in [0, 0.1) is 0 Å². The fourth-order valence-electron chi connectivity index (χ4n) is 2.14. The third kappa shape index (κ3) is 4.62. The Kier molecular flexibility index (Phi) is 6.07. The summed E-state index contributed by atoms with van der Waals surface area (Å²) in [7, 11) is 1.61. The van der Waals surface area contributed by atoms with Gasteiger partial charge in [0.15, 0.2) is 6.10 Å². The van der Waals surface area contributed by atoms with Gasteiger partial charge in [0.25, 0.3) is 0 Å². The Morgan fingerprint density at radius 1 is 1.44 bits per heavy atom. The van der Waals surface area contributed by atoms with Gasteiger partial charge in [0.1, 0.15) is 0 Å². The highest BCUT2D eigenvalue weighted by Crippen LogP contribution is 2.20. The van der Waals surface area contributed by atoms with Gasteiger partial charge in [0, 0.05) is 13.6 Å². The average Bonchev–Trinajstić information content (AvgIpc) is 2.77. The van der Waals surface area contributed by atoms with E-state index in [1.165, 1.54) is 0 Å². The lowest BCUT2D eigenvalue weighted by atomic mass is 10.2. The number of ether oxygens (including phenoxy) is 1. The molecular weight excluding hydrogens is 236 g/mol. The van der Waals surface area contributed by atoms with Gasteiger partial charge in [0.2, 0.25) is 5.91 Å². The van der Waals surface area contributed by atoms with Crippen molar-refractivity contribution < 1.29 is 19.4 Å². The minimum atomic E-state index is -0.897. The van der Waals surface area contributed by atoms with E-state index in [9.17, 15) is 9.59 Å². The second kappa shape index (κ2) is 7.33. The van der Waals surface area contributed by atoms with E-state index in [0.29, 0.717) is 19.5 Å². The van der Waals surface area contributed by atoms with E-state index in [0.717, 1.165) is 19.4 Å². The van der Waals surface area contributed by atoms with E-state index in [1.807, 2.05) is 11.8 Å². The molecule has 1 amide bonds. The maximum absolute atomic E-state index is 11.4. The Labute approximate surface area is 107 Å². The highest BCUT2D eigenvalue weighted by Gasteiger charge is 2.31. The summed E-state index contributed by atoms with van der Waals surface area (Å²) in [6, 6.07) is 0. The van der Waals surface area contributed by atoms with Gasteiger partial charge in [-0.1, -0.05) is 6.92 Å². The van der Waals surface area contributed by atoms with Gasteiger partial charge >= 0.3 is 5.97 Å². The summed E-state index contributed by atoms with van der Waals surface area (Å²) < 4.78 is 5.44. The summed E-state index contributed by atoms with van der Waals surface area (Å²) in [6.07, 6.45) is 1.48. The van der Waals surface area contributed by atoms with Gasteiger partial charge in [-0.25, -0.2) is 4.79 Å². The van der Waals surface area contributed by atoms with Crippen molar-refractivity contribution in [3.63, 3.8) is 0 Å². The van der Waals surface area contributed by atoms with Crippen molar-refractivity contribution in [2.24, 2.45) is 0 Å². The molecule has 1 fully saturated rings. The van der Waals surface area contributed by atoms with Crippen LogP contribution in [0.3, 0.4) is 0 Å². The fourth-order valence-corrected chi connectivity index (χ4v) is 2.14. The Morgan fingerprint density at radius 3 is 2.67 bits per heavy atom. The number of carboxylic acids is 1. The third-order valence-corrected chi connectivity index (χ3v) is 3.03. The summed E-state index contributed by atoms with van der Waals surface area (Å²) in [5.41, 5.74) is 0. The van der Waals surface area contributed by atoms with Crippen LogP contribution in [0.15, 0.2) is 0 Å². The highest BCUT2D eigenvalue weighted by atomic mass is 16.5. The number of nitrogens with one attached hydrogen (secondary N) is 1. The lowest BCUT2D eigenvalue weighted by molar-refractivity contribution is -0.149. The van der Waals surface area contributed by atoms with Crippen LogP contribution < -0.4 is 5.32 Å². The number of carbonyl (C=O) groups excluding carboxylic acids is 1. The number of hydrogen-bond donors (Lipinski definition) is 2. The zero-order valence-electron chi connectivity index (χ0n) is 11.0. The lowest BCUT2D eigenvalue weighted by Crippen LogP contribution is -2.40. The van der Waals surface area contributed by atoms with Gasteiger partial charge in [0.05, 0.1) is 12.6 Å². The van der Waals surface area contributed by atoms with Crippen molar-refractivity contribution in [2.75, 3.05) is 26.7 Å². The number of hydrogen-bond acceptors (Lipinski definition) is 4. The minimum absolute atomic E-state index is 0.0313. The molecule has 0 aromatic rings. The average molecular weight is 258 g/mol. The van der Waals surface area contributed by atoms with E-state index in [4.69, 9.17) is 9.84 Å². The number of nitrogens with zero attached hydrogens (tertiary/aromatic N) is 1. The smallest absolute Gasteiger partial charge is 0.332 e. The number of rotatable bonds is 7. The molecule has 1 saturated heterocycles. The van der Waals surface area contributed by atoms with Crippen LogP contribution in [0.1, 0.15) is 26.2 Å². The quantitative estimate of drug-likeness (QED) is 0.676. The van der Waals surface area contributed by atoms with E-state index in [1.54, 1.807) is 7.05 Å². The molecule has 6 nitrogen and oxygen atoms in total. The van der Waals surface area contributed by atoms with E-state index < -0.39 is 12.1 Å². The number of carbonyl (C=O) groups is 2. The molecule has 0 saturated carbocycles. The Balaban J connectivity index is 2.41. The van der Waals surface area contributed by atoms with Crippen LogP contribution >= 0.6 is 0 Å². The number of carboxylic acid groups (broad SMARTS) is 1. The zero-order chi connectivity index (χ0) is 13.5. The number of likely N-dealkylation sites (N-methyl/N-ethyl adjacent to an activating group) is 1. The summed E-state index contributed by atoms with van der Waals surface area (Å²) in [4.78, 5) is 24.1. The van der Waals surface area contributed by atoms with E-state index in [2.05, 4.69) is 5.32 Å². The monoisotopic (exact) mass is 258 g/mol. The number of amides is 1. The summed E-state index contributed by atoms with van der Waals surface area (Å²) in [5.74, 6) is -0.929. The third-order valence-electron chi connectivity index (χ3n) is 3.03. The van der Waals surface area contributed by atoms with Crippen molar-refractivity contribution in [3.8, 4) is 0 Å². The first-order valence-electron chi connectivity index (χ1n) is 6.38. The number of aliphatic carboxylic acids is 1. The molecule has 0 radical (unpaired) electrons. The summed E-state index contributed by atoms with van der Waals surface area (Å²) in [5, 5.41) is 11.4. The van der Waals surface area contributed by atoms with Gasteiger partial charge in [-0.2, -0.15) is 0 Å². The van der Waals surface area contributed by atoms with E-state index in [-0.39, 0.29) is 12.0 Å². The van der Waals surface area contributed by atoms with Crippen molar-refractivity contribution in [2.45, 2.75) is 38.4 Å². The van der Waals surface area contributed by atoms with Gasteiger partial charge in [-0.3, -0.25) is 9.69 Å². The molecule has 2 unspecified atom stereocenters. The van der Waals surface area contributed by atoms with Crippen molar-refractivity contribution >= 4 is 11.9 Å². The molecule has 1 aliphatic rings. The normalized spacial score (nSPS) is 23.3. The molecule has 104 valence electrons. The SMILES string of the molecule is CCCN(CC(=O)NC)CC1CCC(C(=O)O)O1. The molecule has 0 aromatic carbocycles. The summed E-state index contributed by atoms with van der Waals surface area (Å²) in [6.45, 7) is 3.81. The van der Waals surface area contributed by atoms with E-state index >= 15 is 0 Å². The molecule has 6 heteroatoms. The molecule has 18 heavy (non-hydrogen) atoms. The fraction of sp³-hybridized carbons (Fsp3) is 0.833. The highest BCUT2D eigenvalue weighted by molar-refractivity contribution is 5.77. The van der Waals surface area contributed by atoms with Crippen molar-refractivity contribution in [1.29, 1.82) is 0 Å². The Bertz CT molecular complexity index is 296. The Morgan fingerprint density at radius 2 is 2.17 bits per heavy atom. The predicted molar refractivity (Wildman–Crippen MR) is 66.3 cm³/mol. The zero-order valence-corrected chi connectivity index (χ0v) is 11.0. The van der Waals surface area contributed by atoms with Crippen molar-refractivity contribution in [3.05, 3.63) is 0 Å². The molecule has 1 rings (SSSR count). The van der Waals surface area contributed by atoms with Gasteiger partial charge in [-0.15, -0.1) is 0 Å². The van der Waals surface area contributed by atoms with Crippen LogP contribution in [-0.4, -0.2) is 60.8 Å². The molecule has 1 aliphatic heterocycles. The molecule has 0 bridgehead atoms. The topological polar surface area (TPSA) is 78.9 Å². The summed E-state index contributed by atoms with van der Waals surface area (Å²) >= 11 is 0. The van der Waals surface area contributed by atoms with Crippen molar-refractivity contribution in [1.82, 2.24) is 10.2 Å². The van der Waals surface area contributed by atoms with Crippen LogP contribution in [0.5, 0.6) is 0 Å². The maximum atomic E-state index is 11.4. The van der Waals surface area contributed by atoms with Gasteiger partial charge in [-0.05, 0) is 25.8 Å². The first kappa shape index (κ1) is 14.9. The molecule has 2 atom stereocenters. The molecule has 0 spiro atoms. The molecular formula is C12H22N2O4. The lowest BCUT2D eigenvalue weighted by Gasteiger charge is -2.24. The largest absolute Gasteiger partial charge is 0.479 e. The minimum Gasteiger partial charge on any atom is -0.479 e. The molecule has 2 N–H and O–H groups in total. The second-order valence-electron chi connectivity index (χ2n) is 4.57. The van der Waals surface area contributed by atoms with Crippen LogP contribution in [0.2, 0.25) is 0 Å². The van der Waals surface area contributed by atoms with Crippen LogP contribution in [-0.2, 0) is 14.3 Å². The van der Waals surface area contributed by atoms with Crippen LogP contribution in [0.4, 0.5) is 0 Å². The predicted octanol–water partition coefficient (Wildman–Crippen LogP) is 0.0766. The molecule has 1 heterocycles. The molecule has 0 aromatic heterocycles. The standard InChI is InChI=1S/C12H22N2O4/c1-3-6-14(8-11(15)13-2)7-9-4-5-10(18-9)12(16)17/h9-10H,3-8H2,1-2H3,(H,13,15)(H,16,17). The first-order valence-corrected chi connectivity index (χ1v) is 6.38. The maximum Gasteiger partial charge on any atom is 0.332 e. The van der Waals surface area contributed by atoms with Gasteiger partial charge < -0.3 is 15.2 Å².